The van der Waals surface area contributed by atoms with Crippen molar-refractivity contribution in [3.63, 3.8) is 0 Å². The molecule has 182 valence electrons. The third-order valence-electron chi connectivity index (χ3n) is 5.64. The molecule has 1 aliphatic heterocycles. The van der Waals surface area contributed by atoms with E-state index in [0.717, 1.165) is 24.3 Å². The van der Waals surface area contributed by atoms with Gasteiger partial charge in [-0.1, -0.05) is 48.5 Å². The second-order valence-electron chi connectivity index (χ2n) is 8.06. The van der Waals surface area contributed by atoms with Gasteiger partial charge in [-0.25, -0.2) is 14.8 Å². The largest absolute Gasteiger partial charge is 0.480 e. The first-order valence-electron chi connectivity index (χ1n) is 11.2. The third kappa shape index (κ3) is 6.86. The van der Waals surface area contributed by atoms with E-state index in [-0.39, 0.29) is 16.7 Å². The van der Waals surface area contributed by atoms with E-state index >= 15 is 0 Å². The van der Waals surface area contributed by atoms with Gasteiger partial charge in [0.15, 0.2) is 0 Å². The van der Waals surface area contributed by atoms with E-state index in [9.17, 15) is 14.7 Å². The van der Waals surface area contributed by atoms with E-state index < -0.39 is 17.9 Å². The Hall–Kier alpha value is -3.30. The van der Waals surface area contributed by atoms with Gasteiger partial charge in [-0.2, -0.15) is 11.8 Å². The van der Waals surface area contributed by atoms with Crippen LogP contribution in [0.4, 0.5) is 11.5 Å². The molecule has 35 heavy (non-hydrogen) atoms. The monoisotopic (exact) mass is 511 g/mol. The van der Waals surface area contributed by atoms with Crippen LogP contribution in [-0.2, 0) is 10.5 Å². The first-order valence-corrected chi connectivity index (χ1v) is 12.8. The summed E-state index contributed by atoms with van der Waals surface area (Å²) < 4.78 is 0. The maximum absolute atomic E-state index is 12.9. The second-order valence-corrected chi connectivity index (χ2v) is 9.42. The molecule has 10 heteroatoms. The highest BCUT2D eigenvalue weighted by Gasteiger charge is 2.24. The first-order chi connectivity index (χ1) is 17.0. The lowest BCUT2D eigenvalue weighted by Crippen LogP contribution is -2.47. The van der Waals surface area contributed by atoms with Gasteiger partial charge in [-0.05, 0) is 29.3 Å². The van der Waals surface area contributed by atoms with E-state index in [2.05, 4.69) is 32.3 Å². The zero-order chi connectivity index (χ0) is 24.6. The van der Waals surface area contributed by atoms with E-state index in [1.54, 1.807) is 6.07 Å². The van der Waals surface area contributed by atoms with Crippen molar-refractivity contribution in [1.82, 2.24) is 15.3 Å². The minimum atomic E-state index is -1.10. The zero-order valence-corrected chi connectivity index (χ0v) is 20.6. The van der Waals surface area contributed by atoms with Gasteiger partial charge in [0.25, 0.3) is 5.91 Å². The number of rotatable bonds is 9. The van der Waals surface area contributed by atoms with Crippen LogP contribution in [0.1, 0.15) is 16.1 Å². The Morgan fingerprint density at radius 3 is 2.26 bits per heavy atom. The predicted octanol–water partition coefficient (Wildman–Crippen LogP) is 3.57. The Morgan fingerprint density at radius 2 is 1.60 bits per heavy atom. The number of carboxylic acids is 1. The number of anilines is 2. The fraction of sp³-hybridized carbons (Fsp3) is 0.280. The van der Waals surface area contributed by atoms with Crippen LogP contribution >= 0.6 is 23.4 Å². The van der Waals surface area contributed by atoms with Crippen LogP contribution in [0.5, 0.6) is 0 Å². The zero-order valence-electron chi connectivity index (χ0n) is 19.0. The van der Waals surface area contributed by atoms with Crippen molar-refractivity contribution in [3.8, 4) is 0 Å². The average Bonchev–Trinajstić information content (AvgIpc) is 2.89. The highest BCUT2D eigenvalue weighted by atomic mass is 35.5. The molecule has 2 heterocycles. The SMILES string of the molecule is O=C(N[C@@H](CSCc1ccccc1)C(=O)O)c1cc(N2CCN(c3ccccc3)CC2)nc(Cl)n1. The summed E-state index contributed by atoms with van der Waals surface area (Å²) in [5.41, 5.74) is 2.30. The number of halogens is 1. The molecular formula is C25H26ClN5O3S. The molecule has 0 spiro atoms. The van der Waals surface area contributed by atoms with Crippen LogP contribution in [0.25, 0.3) is 0 Å². The highest BCUT2D eigenvalue weighted by Crippen LogP contribution is 2.21. The van der Waals surface area contributed by atoms with Crippen molar-refractivity contribution in [1.29, 1.82) is 0 Å². The number of nitrogens with zero attached hydrogens (tertiary/aromatic N) is 4. The molecule has 1 aliphatic rings. The molecular weight excluding hydrogens is 486 g/mol. The number of nitrogens with one attached hydrogen (secondary N) is 1. The Bertz CT molecular complexity index is 1140. The Kier molecular flexibility index (Phi) is 8.44. The van der Waals surface area contributed by atoms with Gasteiger partial charge < -0.3 is 20.2 Å². The molecule has 0 bridgehead atoms. The maximum atomic E-state index is 12.9. The molecule has 4 rings (SSSR count). The van der Waals surface area contributed by atoms with E-state index in [4.69, 9.17) is 11.6 Å². The van der Waals surface area contributed by atoms with Gasteiger partial charge in [-0.3, -0.25) is 4.79 Å². The fourth-order valence-corrected chi connectivity index (χ4v) is 4.98. The summed E-state index contributed by atoms with van der Waals surface area (Å²) in [6, 6.07) is 20.4. The van der Waals surface area contributed by atoms with Crippen molar-refractivity contribution in [3.05, 3.63) is 83.3 Å². The summed E-state index contributed by atoms with van der Waals surface area (Å²) >= 11 is 7.57. The van der Waals surface area contributed by atoms with Crippen LogP contribution in [0.3, 0.4) is 0 Å². The number of amides is 1. The lowest BCUT2D eigenvalue weighted by molar-refractivity contribution is -0.138. The Balaban J connectivity index is 1.37. The maximum Gasteiger partial charge on any atom is 0.327 e. The van der Waals surface area contributed by atoms with E-state index in [1.165, 1.54) is 11.8 Å². The number of hydrogen-bond acceptors (Lipinski definition) is 7. The van der Waals surface area contributed by atoms with Gasteiger partial charge in [0.1, 0.15) is 17.6 Å². The molecule has 0 aliphatic carbocycles. The molecule has 0 unspecified atom stereocenters. The van der Waals surface area contributed by atoms with Gasteiger partial charge in [0.05, 0.1) is 0 Å². The van der Waals surface area contributed by atoms with Crippen molar-refractivity contribution >= 4 is 46.7 Å². The number of aliphatic carboxylic acids is 1. The number of carbonyl (C=O) groups is 2. The topological polar surface area (TPSA) is 98.7 Å². The van der Waals surface area contributed by atoms with Gasteiger partial charge >= 0.3 is 5.97 Å². The van der Waals surface area contributed by atoms with Crippen LogP contribution in [0, 0.1) is 0 Å². The highest BCUT2D eigenvalue weighted by molar-refractivity contribution is 7.98. The van der Waals surface area contributed by atoms with Crippen molar-refractivity contribution in [2.24, 2.45) is 0 Å². The summed E-state index contributed by atoms with van der Waals surface area (Å²) in [7, 11) is 0. The van der Waals surface area contributed by atoms with E-state index in [1.807, 2.05) is 53.4 Å². The molecule has 3 aromatic rings. The molecule has 1 amide bonds. The fourth-order valence-electron chi connectivity index (χ4n) is 3.79. The first kappa shape index (κ1) is 24.8. The molecule has 0 radical (unpaired) electrons. The number of aromatic nitrogens is 2. The van der Waals surface area contributed by atoms with Crippen molar-refractivity contribution in [2.75, 3.05) is 41.7 Å². The van der Waals surface area contributed by atoms with Crippen LogP contribution in [-0.4, -0.2) is 64.9 Å². The molecule has 8 nitrogen and oxygen atoms in total. The lowest BCUT2D eigenvalue weighted by Gasteiger charge is -2.36. The lowest BCUT2D eigenvalue weighted by atomic mass is 10.2. The van der Waals surface area contributed by atoms with Crippen LogP contribution in [0.15, 0.2) is 66.7 Å². The van der Waals surface area contributed by atoms with Gasteiger partial charge in [0.2, 0.25) is 5.28 Å². The Labute approximate surface area is 213 Å². The van der Waals surface area contributed by atoms with Gasteiger partial charge in [-0.15, -0.1) is 0 Å². The number of hydrogen-bond donors (Lipinski definition) is 2. The summed E-state index contributed by atoms with van der Waals surface area (Å²) in [4.78, 5) is 37.3. The molecule has 0 saturated carbocycles. The smallest absolute Gasteiger partial charge is 0.327 e. The standard InChI is InChI=1S/C25H26ClN5O3S/c26-25-28-20(23(32)27-21(24(33)34)17-35-16-18-7-3-1-4-8-18)15-22(29-25)31-13-11-30(12-14-31)19-9-5-2-6-10-19/h1-10,15,21H,11-14,16-17H2,(H,27,32)(H,33,34)/t21-/m0/s1. The predicted molar refractivity (Wildman–Crippen MR) is 139 cm³/mol. The number of carbonyl (C=O) groups excluding carboxylic acids is 1. The number of benzene rings is 2. The van der Waals surface area contributed by atoms with Crippen molar-refractivity contribution < 1.29 is 14.7 Å². The molecule has 1 saturated heterocycles. The minimum Gasteiger partial charge on any atom is -0.480 e. The van der Waals surface area contributed by atoms with Crippen molar-refractivity contribution in [2.45, 2.75) is 11.8 Å². The molecule has 2 N–H and O–H groups in total. The average molecular weight is 512 g/mol. The quantitative estimate of drug-likeness (QED) is 0.421. The normalized spacial score (nSPS) is 14.4. The number of para-hydroxylation sites is 1. The molecule has 1 fully saturated rings. The summed E-state index contributed by atoms with van der Waals surface area (Å²) in [6.07, 6.45) is 0. The van der Waals surface area contributed by atoms with E-state index in [0.29, 0.717) is 24.7 Å². The summed E-state index contributed by atoms with van der Waals surface area (Å²) in [5, 5.41) is 12.1. The number of thioether (sulfide) groups is 1. The minimum absolute atomic E-state index is 0.0461. The number of piperazine rings is 1. The Morgan fingerprint density at radius 1 is 0.971 bits per heavy atom. The van der Waals surface area contributed by atoms with Gasteiger partial charge in [0, 0.05) is 49.4 Å². The summed E-state index contributed by atoms with van der Waals surface area (Å²) in [6.45, 7) is 3.01. The van der Waals surface area contributed by atoms with Crippen LogP contribution in [0.2, 0.25) is 5.28 Å². The molecule has 1 atom stereocenters. The van der Waals surface area contributed by atoms with Crippen LogP contribution < -0.4 is 15.1 Å². The molecule has 1 aromatic heterocycles. The summed E-state index contributed by atoms with van der Waals surface area (Å²) in [5.74, 6) is -0.266. The number of carboxylic acid groups (broad SMARTS) is 1. The molecule has 2 aromatic carbocycles. The third-order valence-corrected chi connectivity index (χ3v) is 6.92. The second kappa shape index (κ2) is 11.9.